The fraction of sp³-hybridized carbons (Fsp3) is 0.296. The molecule has 7 heteroatoms. The largest absolute Gasteiger partial charge is 0.480 e. The van der Waals surface area contributed by atoms with Crippen molar-refractivity contribution >= 4 is 33.7 Å². The number of carbonyl (C=O) groups is 2. The molecule has 0 atom stereocenters. The summed E-state index contributed by atoms with van der Waals surface area (Å²) in [6.07, 6.45) is 3.26. The lowest BCUT2D eigenvalue weighted by Crippen LogP contribution is -2.37. The van der Waals surface area contributed by atoms with E-state index in [4.69, 9.17) is 0 Å². The maximum atomic E-state index is 14.1. The van der Waals surface area contributed by atoms with E-state index in [2.05, 4.69) is 10.3 Å². The number of halogens is 1. The van der Waals surface area contributed by atoms with E-state index < -0.39 is 5.97 Å². The van der Waals surface area contributed by atoms with Gasteiger partial charge in [0, 0.05) is 28.0 Å². The Morgan fingerprint density at radius 1 is 1.09 bits per heavy atom. The molecule has 2 N–H and O–H groups in total. The van der Waals surface area contributed by atoms with E-state index in [-0.39, 0.29) is 30.2 Å². The molecule has 1 saturated carbocycles. The molecule has 1 fully saturated rings. The highest BCUT2D eigenvalue weighted by atomic mass is 19.1. The van der Waals surface area contributed by atoms with Gasteiger partial charge in [0.05, 0.1) is 5.52 Å². The van der Waals surface area contributed by atoms with Gasteiger partial charge in [-0.1, -0.05) is 24.3 Å². The summed E-state index contributed by atoms with van der Waals surface area (Å²) < 4.78 is 15.8. The van der Waals surface area contributed by atoms with Crippen molar-refractivity contribution in [1.29, 1.82) is 0 Å². The van der Waals surface area contributed by atoms with Crippen molar-refractivity contribution in [3.05, 3.63) is 77.4 Å². The van der Waals surface area contributed by atoms with Crippen LogP contribution >= 0.6 is 0 Å². The molecule has 2 heterocycles. The monoisotopic (exact) mass is 459 g/mol. The molecule has 2 aromatic carbocycles. The van der Waals surface area contributed by atoms with Crippen LogP contribution in [0.15, 0.2) is 54.6 Å². The SMILES string of the molecule is Cc1c(C2CCC(NC(=O)c3ccc4ccccc4n3)CC2)c2cc(F)ccc2n1CC(=O)O. The van der Waals surface area contributed by atoms with Crippen molar-refractivity contribution in [2.45, 2.75) is 51.1 Å². The minimum absolute atomic E-state index is 0.0430. The van der Waals surface area contributed by atoms with Gasteiger partial charge in [0.1, 0.15) is 18.1 Å². The van der Waals surface area contributed by atoms with Crippen LogP contribution in [-0.4, -0.2) is 32.6 Å². The van der Waals surface area contributed by atoms with Crippen LogP contribution in [0.25, 0.3) is 21.8 Å². The zero-order valence-electron chi connectivity index (χ0n) is 18.9. The summed E-state index contributed by atoms with van der Waals surface area (Å²) in [5.74, 6) is -1.24. The molecule has 34 heavy (non-hydrogen) atoms. The number of aliphatic carboxylic acids is 1. The fourth-order valence-corrected chi connectivity index (χ4v) is 5.31. The molecule has 6 nitrogen and oxygen atoms in total. The van der Waals surface area contributed by atoms with E-state index in [1.54, 1.807) is 16.7 Å². The predicted molar refractivity (Wildman–Crippen MR) is 128 cm³/mol. The number of carboxylic acid groups (broad SMARTS) is 1. The van der Waals surface area contributed by atoms with Gasteiger partial charge in [-0.05, 0) is 74.4 Å². The number of benzene rings is 2. The van der Waals surface area contributed by atoms with Gasteiger partial charge in [0.2, 0.25) is 0 Å². The molecule has 0 unspecified atom stereocenters. The standard InChI is InChI=1S/C27H26FN3O3/c1-16-26(21-14-19(28)9-13-24(21)31(16)15-25(32)33)18-6-10-20(11-7-18)29-27(34)23-12-8-17-4-2-3-5-22(17)30-23/h2-5,8-9,12-14,18,20H,6-7,10-11,15H2,1H3,(H,29,34)(H,32,33). The summed E-state index contributed by atoms with van der Waals surface area (Å²) in [5, 5.41) is 14.3. The first-order chi connectivity index (χ1) is 16.4. The van der Waals surface area contributed by atoms with Gasteiger partial charge in [0.15, 0.2) is 0 Å². The van der Waals surface area contributed by atoms with E-state index in [0.29, 0.717) is 5.69 Å². The first-order valence-electron chi connectivity index (χ1n) is 11.6. The smallest absolute Gasteiger partial charge is 0.323 e. The Balaban J connectivity index is 1.32. The van der Waals surface area contributed by atoms with Crippen molar-refractivity contribution in [3.8, 4) is 0 Å². The number of nitrogens with one attached hydrogen (secondary N) is 1. The molecule has 1 aliphatic rings. The van der Waals surface area contributed by atoms with E-state index in [9.17, 15) is 19.1 Å². The second-order valence-corrected chi connectivity index (χ2v) is 9.05. The molecular formula is C27H26FN3O3. The van der Waals surface area contributed by atoms with Gasteiger partial charge in [-0.25, -0.2) is 9.37 Å². The Hall–Kier alpha value is -3.74. The summed E-state index contributed by atoms with van der Waals surface area (Å²) in [6.45, 7) is 1.76. The Morgan fingerprint density at radius 2 is 1.85 bits per heavy atom. The molecule has 0 saturated heterocycles. The number of pyridine rings is 1. The van der Waals surface area contributed by atoms with Crippen LogP contribution in [-0.2, 0) is 11.3 Å². The quantitative estimate of drug-likeness (QED) is 0.431. The first kappa shape index (κ1) is 22.1. The van der Waals surface area contributed by atoms with E-state index in [0.717, 1.165) is 58.7 Å². The first-order valence-corrected chi connectivity index (χ1v) is 11.6. The number of aromatic nitrogens is 2. The van der Waals surface area contributed by atoms with Crippen LogP contribution in [0.3, 0.4) is 0 Å². The van der Waals surface area contributed by atoms with Gasteiger partial charge in [0.25, 0.3) is 5.91 Å². The zero-order chi connectivity index (χ0) is 23.8. The molecule has 0 spiro atoms. The van der Waals surface area contributed by atoms with Gasteiger partial charge in [-0.2, -0.15) is 0 Å². The van der Waals surface area contributed by atoms with Gasteiger partial charge in [-0.15, -0.1) is 0 Å². The Bertz CT molecular complexity index is 1400. The van der Waals surface area contributed by atoms with Crippen molar-refractivity contribution in [3.63, 3.8) is 0 Å². The number of para-hydroxylation sites is 1. The average Bonchev–Trinajstić information content (AvgIpc) is 3.09. The average molecular weight is 460 g/mol. The van der Waals surface area contributed by atoms with Gasteiger partial charge >= 0.3 is 5.97 Å². The zero-order valence-corrected chi connectivity index (χ0v) is 18.9. The molecule has 2 aromatic heterocycles. The molecule has 174 valence electrons. The Labute approximate surface area is 196 Å². The molecule has 4 aromatic rings. The number of carboxylic acids is 1. The third kappa shape index (κ3) is 4.14. The number of hydrogen-bond acceptors (Lipinski definition) is 3. The molecule has 0 radical (unpaired) electrons. The van der Waals surface area contributed by atoms with Crippen LogP contribution in [0.1, 0.15) is 53.3 Å². The number of rotatable bonds is 5. The minimum Gasteiger partial charge on any atom is -0.480 e. The fourth-order valence-electron chi connectivity index (χ4n) is 5.31. The molecule has 1 amide bonds. The van der Waals surface area contributed by atoms with Gasteiger partial charge in [-0.3, -0.25) is 9.59 Å². The molecular weight excluding hydrogens is 433 g/mol. The maximum absolute atomic E-state index is 14.1. The normalized spacial score (nSPS) is 18.3. The number of carbonyl (C=O) groups excluding carboxylic acids is 1. The van der Waals surface area contributed by atoms with Crippen LogP contribution in [0.4, 0.5) is 4.39 Å². The summed E-state index contributed by atoms with van der Waals surface area (Å²) in [7, 11) is 0. The van der Waals surface area contributed by atoms with Crippen molar-refractivity contribution in [2.24, 2.45) is 0 Å². The van der Waals surface area contributed by atoms with E-state index in [1.807, 2.05) is 37.3 Å². The van der Waals surface area contributed by atoms with Crippen LogP contribution in [0, 0.1) is 12.7 Å². The van der Waals surface area contributed by atoms with E-state index in [1.165, 1.54) is 12.1 Å². The van der Waals surface area contributed by atoms with Crippen molar-refractivity contribution in [2.75, 3.05) is 0 Å². The highest BCUT2D eigenvalue weighted by Gasteiger charge is 2.28. The second kappa shape index (κ2) is 8.89. The number of fused-ring (bicyclic) bond motifs is 2. The Kier molecular flexibility index (Phi) is 5.77. The lowest BCUT2D eigenvalue weighted by Gasteiger charge is -2.29. The third-order valence-corrected chi connectivity index (χ3v) is 6.93. The summed E-state index contributed by atoms with van der Waals surface area (Å²) in [4.78, 5) is 28.7. The predicted octanol–water partition coefficient (Wildman–Crippen LogP) is 5.18. The van der Waals surface area contributed by atoms with Crippen LogP contribution < -0.4 is 5.32 Å². The highest BCUT2D eigenvalue weighted by molar-refractivity contribution is 5.95. The third-order valence-electron chi connectivity index (χ3n) is 6.93. The highest BCUT2D eigenvalue weighted by Crippen LogP contribution is 2.40. The van der Waals surface area contributed by atoms with E-state index >= 15 is 0 Å². The molecule has 0 bridgehead atoms. The number of nitrogens with zero attached hydrogens (tertiary/aromatic N) is 2. The number of hydrogen-bond donors (Lipinski definition) is 2. The number of amides is 1. The topological polar surface area (TPSA) is 84.2 Å². The maximum Gasteiger partial charge on any atom is 0.323 e. The summed E-state index contributed by atoms with van der Waals surface area (Å²) >= 11 is 0. The van der Waals surface area contributed by atoms with Crippen molar-refractivity contribution < 1.29 is 19.1 Å². The summed E-state index contributed by atoms with van der Waals surface area (Å²) in [5.41, 5.74) is 3.84. The molecule has 1 aliphatic carbocycles. The summed E-state index contributed by atoms with van der Waals surface area (Å²) in [6, 6.07) is 15.9. The van der Waals surface area contributed by atoms with Crippen LogP contribution in [0.5, 0.6) is 0 Å². The minimum atomic E-state index is -0.926. The van der Waals surface area contributed by atoms with Crippen LogP contribution in [0.2, 0.25) is 0 Å². The lowest BCUT2D eigenvalue weighted by molar-refractivity contribution is -0.137. The Morgan fingerprint density at radius 3 is 2.62 bits per heavy atom. The van der Waals surface area contributed by atoms with Gasteiger partial charge < -0.3 is 15.0 Å². The van der Waals surface area contributed by atoms with Crippen molar-refractivity contribution in [1.82, 2.24) is 14.9 Å². The second-order valence-electron chi connectivity index (χ2n) is 9.05. The molecule has 0 aliphatic heterocycles. The lowest BCUT2D eigenvalue weighted by atomic mass is 9.80. The molecule has 5 rings (SSSR count).